The van der Waals surface area contributed by atoms with Crippen molar-refractivity contribution in [1.82, 2.24) is 14.8 Å². The number of anilines is 1. The van der Waals surface area contributed by atoms with Crippen molar-refractivity contribution in [2.75, 3.05) is 5.32 Å². The molecule has 5 aromatic rings. The Morgan fingerprint density at radius 2 is 2.03 bits per heavy atom. The first-order valence-electron chi connectivity index (χ1n) is 11.0. The number of rotatable bonds is 9. The number of pyridine rings is 1. The van der Waals surface area contributed by atoms with Gasteiger partial charge in [-0.1, -0.05) is 12.1 Å². The summed E-state index contributed by atoms with van der Waals surface area (Å²) in [6.45, 7) is -0.241. The maximum Gasteiger partial charge on any atom is 0.311 e. The van der Waals surface area contributed by atoms with Gasteiger partial charge in [0, 0.05) is 23.2 Å². The number of amides is 2. The number of thiophene rings is 1. The number of hydrogen-bond donors (Lipinski definition) is 2. The Morgan fingerprint density at radius 1 is 1.23 bits per heavy atom. The highest BCUT2D eigenvalue weighted by Crippen LogP contribution is 2.42. The van der Waals surface area contributed by atoms with Crippen LogP contribution >= 0.6 is 11.3 Å². The number of para-hydroxylation sites is 2. The molecule has 0 aliphatic rings. The summed E-state index contributed by atoms with van der Waals surface area (Å²) in [7, 11) is 0. The SMILES string of the molecule is NC(=O)c1sc2nc(C(F)F)cc(-c3ccco3)c2c1NC(=O)c1ccn(COc2ccccc2[N+](=O)[O-])n1. The highest BCUT2D eigenvalue weighted by molar-refractivity contribution is 7.21. The third kappa shape index (κ3) is 5.02. The molecule has 4 aromatic heterocycles. The number of furan rings is 1. The molecule has 0 aliphatic carbocycles. The topological polar surface area (TPSA) is 168 Å². The maximum atomic E-state index is 13.5. The highest BCUT2D eigenvalue weighted by atomic mass is 32.1. The summed E-state index contributed by atoms with van der Waals surface area (Å²) in [6.07, 6.45) is -0.138. The Kier molecular flexibility index (Phi) is 6.72. The first kappa shape index (κ1) is 25.5. The summed E-state index contributed by atoms with van der Waals surface area (Å²) < 4.78 is 39.2. The average Bonchev–Trinajstić information content (AvgIpc) is 3.67. The van der Waals surface area contributed by atoms with E-state index >= 15 is 0 Å². The molecule has 0 fully saturated rings. The minimum Gasteiger partial charge on any atom is -0.464 e. The fourth-order valence-corrected chi connectivity index (χ4v) is 4.76. The number of aromatic nitrogens is 3. The lowest BCUT2D eigenvalue weighted by Gasteiger charge is -2.09. The Bertz CT molecular complexity index is 1720. The number of primary amides is 1. The van der Waals surface area contributed by atoms with Crippen LogP contribution in [0.1, 0.15) is 32.3 Å². The van der Waals surface area contributed by atoms with E-state index in [2.05, 4.69) is 15.4 Å². The number of hydrogen-bond acceptors (Lipinski definition) is 9. The number of nitro benzene ring substituents is 1. The van der Waals surface area contributed by atoms with Crippen LogP contribution in [-0.4, -0.2) is 31.5 Å². The molecule has 4 heterocycles. The smallest absolute Gasteiger partial charge is 0.311 e. The Labute approximate surface area is 220 Å². The first-order chi connectivity index (χ1) is 18.7. The van der Waals surface area contributed by atoms with E-state index in [1.165, 1.54) is 47.5 Å². The number of fused-ring (bicyclic) bond motifs is 1. The van der Waals surface area contributed by atoms with Gasteiger partial charge in [-0.15, -0.1) is 11.3 Å². The van der Waals surface area contributed by atoms with Gasteiger partial charge in [-0.2, -0.15) is 5.10 Å². The summed E-state index contributed by atoms with van der Waals surface area (Å²) in [5, 5.41) is 18.1. The molecule has 198 valence electrons. The summed E-state index contributed by atoms with van der Waals surface area (Å²) in [4.78, 5) is 39.8. The molecule has 0 aliphatic heterocycles. The average molecular weight is 554 g/mol. The predicted molar refractivity (Wildman–Crippen MR) is 135 cm³/mol. The zero-order valence-electron chi connectivity index (χ0n) is 19.5. The van der Waals surface area contributed by atoms with E-state index in [0.717, 1.165) is 17.4 Å². The second kappa shape index (κ2) is 10.3. The fourth-order valence-electron chi connectivity index (χ4n) is 3.75. The number of nitro groups is 1. The van der Waals surface area contributed by atoms with Crippen LogP contribution in [-0.2, 0) is 6.73 Å². The molecule has 1 aromatic carbocycles. The number of alkyl halides is 2. The summed E-state index contributed by atoms with van der Waals surface area (Å²) in [5.41, 5.74) is 4.82. The van der Waals surface area contributed by atoms with Gasteiger partial charge >= 0.3 is 5.69 Å². The number of benzene rings is 1. The van der Waals surface area contributed by atoms with Crippen LogP contribution in [0.5, 0.6) is 5.75 Å². The summed E-state index contributed by atoms with van der Waals surface area (Å²) in [6, 6.07) is 11.4. The quantitative estimate of drug-likeness (QED) is 0.190. The Balaban J connectivity index is 1.46. The van der Waals surface area contributed by atoms with Crippen molar-refractivity contribution in [3.63, 3.8) is 0 Å². The minimum absolute atomic E-state index is 0.0148. The normalized spacial score (nSPS) is 11.2. The zero-order valence-corrected chi connectivity index (χ0v) is 20.4. The molecule has 12 nitrogen and oxygen atoms in total. The number of nitrogens with one attached hydrogen (secondary N) is 1. The number of carbonyl (C=O) groups excluding carboxylic acids is 2. The van der Waals surface area contributed by atoms with Gasteiger partial charge in [0.2, 0.25) is 0 Å². The first-order valence-corrected chi connectivity index (χ1v) is 11.8. The molecule has 15 heteroatoms. The molecule has 3 N–H and O–H groups in total. The van der Waals surface area contributed by atoms with Crippen LogP contribution in [0.3, 0.4) is 0 Å². The molecular formula is C24H16F2N6O6S. The van der Waals surface area contributed by atoms with Crippen molar-refractivity contribution in [2.24, 2.45) is 5.73 Å². The lowest BCUT2D eigenvalue weighted by atomic mass is 10.1. The Morgan fingerprint density at radius 3 is 2.72 bits per heavy atom. The van der Waals surface area contributed by atoms with E-state index in [-0.39, 0.29) is 56.0 Å². The minimum atomic E-state index is -2.90. The van der Waals surface area contributed by atoms with Crippen LogP contribution in [0.25, 0.3) is 21.5 Å². The van der Waals surface area contributed by atoms with Gasteiger partial charge in [0.1, 0.15) is 21.2 Å². The molecular weight excluding hydrogens is 538 g/mol. The van der Waals surface area contributed by atoms with Crippen LogP contribution in [0.4, 0.5) is 20.2 Å². The van der Waals surface area contributed by atoms with Crippen LogP contribution in [0, 0.1) is 10.1 Å². The monoisotopic (exact) mass is 554 g/mol. The molecule has 39 heavy (non-hydrogen) atoms. The van der Waals surface area contributed by atoms with Crippen LogP contribution in [0.15, 0.2) is 65.4 Å². The molecule has 0 saturated heterocycles. The van der Waals surface area contributed by atoms with Crippen molar-refractivity contribution in [3.05, 3.63) is 87.4 Å². The van der Waals surface area contributed by atoms with Gasteiger partial charge in [-0.3, -0.25) is 19.7 Å². The fraction of sp³-hybridized carbons (Fsp3) is 0.0833. The largest absolute Gasteiger partial charge is 0.464 e. The number of carbonyl (C=O) groups is 2. The predicted octanol–water partition coefficient (Wildman–Crippen LogP) is 4.99. The molecule has 0 bridgehead atoms. The van der Waals surface area contributed by atoms with E-state index in [4.69, 9.17) is 14.9 Å². The van der Waals surface area contributed by atoms with E-state index < -0.39 is 28.9 Å². The zero-order chi connectivity index (χ0) is 27.7. The van der Waals surface area contributed by atoms with Gasteiger partial charge in [-0.05, 0) is 30.3 Å². The lowest BCUT2D eigenvalue weighted by Crippen LogP contribution is -2.18. The van der Waals surface area contributed by atoms with Gasteiger partial charge in [0.15, 0.2) is 18.2 Å². The van der Waals surface area contributed by atoms with Gasteiger partial charge in [-0.25, -0.2) is 18.4 Å². The van der Waals surface area contributed by atoms with Crippen molar-refractivity contribution in [3.8, 4) is 17.1 Å². The highest BCUT2D eigenvalue weighted by Gasteiger charge is 2.26. The van der Waals surface area contributed by atoms with E-state index in [0.29, 0.717) is 0 Å². The van der Waals surface area contributed by atoms with Gasteiger partial charge in [0.25, 0.3) is 18.2 Å². The van der Waals surface area contributed by atoms with Crippen molar-refractivity contribution >= 4 is 44.7 Å². The number of halogens is 2. The molecule has 0 spiro atoms. The van der Waals surface area contributed by atoms with Crippen molar-refractivity contribution in [2.45, 2.75) is 13.2 Å². The van der Waals surface area contributed by atoms with Gasteiger partial charge < -0.3 is 20.2 Å². The van der Waals surface area contributed by atoms with Crippen LogP contribution in [0.2, 0.25) is 0 Å². The standard InChI is InChI=1S/C24H16F2N6O6S/c25-21(26)14-10-12(16-6-3-9-37-16)18-19(20(22(27)33)39-24(18)28-14)29-23(34)13-7-8-31(30-13)11-38-17-5-2-1-4-15(17)32(35)36/h1-10,21H,11H2,(H2,27,33)(H,29,34). The molecule has 0 atom stereocenters. The van der Waals surface area contributed by atoms with Gasteiger partial charge in [0.05, 0.1) is 16.9 Å². The van der Waals surface area contributed by atoms with Crippen molar-refractivity contribution < 1.29 is 32.4 Å². The summed E-state index contributed by atoms with van der Waals surface area (Å²) >= 11 is 0.751. The molecule has 0 unspecified atom stereocenters. The number of nitrogens with zero attached hydrogens (tertiary/aromatic N) is 4. The lowest BCUT2D eigenvalue weighted by molar-refractivity contribution is -0.386. The van der Waals surface area contributed by atoms with Crippen molar-refractivity contribution in [1.29, 1.82) is 0 Å². The Hall–Kier alpha value is -5.18. The molecule has 0 saturated carbocycles. The van der Waals surface area contributed by atoms with E-state index in [9.17, 15) is 28.5 Å². The maximum absolute atomic E-state index is 13.5. The second-order valence-corrected chi connectivity index (χ2v) is 8.92. The third-order valence-electron chi connectivity index (χ3n) is 5.44. The number of nitrogens with two attached hydrogens (primary N) is 1. The van der Waals surface area contributed by atoms with E-state index in [1.807, 2.05) is 0 Å². The molecule has 0 radical (unpaired) electrons. The molecule has 2 amide bonds. The van der Waals surface area contributed by atoms with Crippen LogP contribution < -0.4 is 15.8 Å². The second-order valence-electron chi connectivity index (χ2n) is 7.92. The number of ether oxygens (including phenoxy) is 1. The van der Waals surface area contributed by atoms with E-state index in [1.54, 1.807) is 12.1 Å². The third-order valence-corrected chi connectivity index (χ3v) is 6.54. The summed E-state index contributed by atoms with van der Waals surface area (Å²) in [5.74, 6) is -1.42. The molecule has 5 rings (SSSR count).